The van der Waals surface area contributed by atoms with Gasteiger partial charge in [-0.3, -0.25) is 0 Å². The molecule has 10 heteroatoms. The highest BCUT2D eigenvalue weighted by Gasteiger charge is 2.40. The molecule has 0 bridgehead atoms. The number of rotatable bonds is 3. The summed E-state index contributed by atoms with van der Waals surface area (Å²) in [5.41, 5.74) is 4.30. The molecular weight excluding hydrogens is 316 g/mol. The van der Waals surface area contributed by atoms with Crippen molar-refractivity contribution in [2.45, 2.75) is 18.6 Å². The van der Waals surface area contributed by atoms with Gasteiger partial charge in [0.25, 0.3) is 0 Å². The second-order valence-electron chi connectivity index (χ2n) is 3.47. The quantitative estimate of drug-likeness (QED) is 0.864. The normalized spacial score (nSPS) is 13.4. The molecule has 0 aliphatic rings. The Kier molecular flexibility index (Phi) is 5.97. The first-order valence-corrected chi connectivity index (χ1v) is 4.80. The van der Waals surface area contributed by atoms with E-state index in [4.69, 9.17) is 5.73 Å². The van der Waals surface area contributed by atoms with E-state index in [0.29, 0.717) is 6.07 Å². The van der Waals surface area contributed by atoms with E-state index in [0.717, 1.165) is 19.2 Å². The third-order valence-electron chi connectivity index (χ3n) is 2.12. The van der Waals surface area contributed by atoms with Crippen LogP contribution in [0, 0.1) is 0 Å². The fraction of sp³-hybridized carbons (Fsp3) is 0.400. The molecular formula is C10H10ClF6NO2. The van der Waals surface area contributed by atoms with Crippen LogP contribution in [0.15, 0.2) is 18.2 Å². The van der Waals surface area contributed by atoms with Crippen LogP contribution in [0.4, 0.5) is 26.3 Å². The van der Waals surface area contributed by atoms with Crippen LogP contribution in [0.5, 0.6) is 11.5 Å². The molecule has 0 radical (unpaired) electrons. The lowest BCUT2D eigenvalue weighted by atomic mass is 10.1. The van der Waals surface area contributed by atoms with E-state index in [1.165, 1.54) is 0 Å². The summed E-state index contributed by atoms with van der Waals surface area (Å²) in [6.07, 6.45) is -9.82. The molecule has 1 rings (SSSR count). The minimum atomic E-state index is -5.01. The lowest BCUT2D eigenvalue weighted by molar-refractivity contribution is -0.274. The van der Waals surface area contributed by atoms with Crippen LogP contribution in [0.2, 0.25) is 0 Å². The van der Waals surface area contributed by atoms with Crippen LogP contribution in [0.3, 0.4) is 0 Å². The van der Waals surface area contributed by atoms with Gasteiger partial charge in [0, 0.05) is 5.56 Å². The number of benzene rings is 1. The van der Waals surface area contributed by atoms with E-state index < -0.39 is 29.9 Å². The Balaban J connectivity index is 0.00000361. The van der Waals surface area contributed by atoms with Gasteiger partial charge >= 0.3 is 12.5 Å². The second-order valence-corrected chi connectivity index (χ2v) is 3.47. The second kappa shape index (κ2) is 6.40. The van der Waals surface area contributed by atoms with E-state index in [9.17, 15) is 26.3 Å². The van der Waals surface area contributed by atoms with Crippen molar-refractivity contribution in [1.29, 1.82) is 0 Å². The number of hydrogen-bond acceptors (Lipinski definition) is 3. The largest absolute Gasteiger partial charge is 0.573 e. The average molecular weight is 326 g/mol. The first-order valence-electron chi connectivity index (χ1n) is 4.80. The first kappa shape index (κ1) is 18.7. The molecule has 20 heavy (non-hydrogen) atoms. The summed E-state index contributed by atoms with van der Waals surface area (Å²) in [7, 11) is 1.08. The summed E-state index contributed by atoms with van der Waals surface area (Å²) in [6.45, 7) is 0. The number of ether oxygens (including phenoxy) is 2. The molecule has 116 valence electrons. The molecule has 0 saturated heterocycles. The Morgan fingerprint density at radius 2 is 1.65 bits per heavy atom. The molecule has 0 fully saturated rings. The van der Waals surface area contributed by atoms with Crippen molar-refractivity contribution < 1.29 is 35.8 Å². The highest BCUT2D eigenvalue weighted by atomic mass is 35.5. The van der Waals surface area contributed by atoms with E-state index in [-0.39, 0.29) is 18.2 Å². The van der Waals surface area contributed by atoms with Crippen molar-refractivity contribution in [2.75, 3.05) is 7.11 Å². The Hall–Kier alpha value is -1.35. The Labute approximate surface area is 116 Å². The molecule has 1 aromatic rings. The molecule has 2 N–H and O–H groups in total. The molecule has 1 atom stereocenters. The lowest BCUT2D eigenvalue weighted by Gasteiger charge is -2.19. The van der Waals surface area contributed by atoms with Gasteiger partial charge in [-0.15, -0.1) is 25.6 Å². The van der Waals surface area contributed by atoms with Gasteiger partial charge in [0.1, 0.15) is 17.5 Å². The smallest absolute Gasteiger partial charge is 0.496 e. The molecule has 0 unspecified atom stereocenters. The maximum absolute atomic E-state index is 12.5. The van der Waals surface area contributed by atoms with E-state index in [2.05, 4.69) is 9.47 Å². The van der Waals surface area contributed by atoms with Gasteiger partial charge < -0.3 is 15.2 Å². The van der Waals surface area contributed by atoms with Crippen molar-refractivity contribution in [3.05, 3.63) is 23.8 Å². The fourth-order valence-corrected chi connectivity index (χ4v) is 1.33. The molecule has 0 amide bonds. The van der Waals surface area contributed by atoms with Crippen molar-refractivity contribution in [3.63, 3.8) is 0 Å². The number of methoxy groups -OCH3 is 1. The Bertz CT molecular complexity index is 448. The molecule has 1 aromatic carbocycles. The highest BCUT2D eigenvalue weighted by molar-refractivity contribution is 5.85. The van der Waals surface area contributed by atoms with Crippen LogP contribution in [-0.4, -0.2) is 19.6 Å². The van der Waals surface area contributed by atoms with Crippen molar-refractivity contribution in [3.8, 4) is 11.5 Å². The van der Waals surface area contributed by atoms with E-state index in [1.807, 2.05) is 0 Å². The summed E-state index contributed by atoms with van der Waals surface area (Å²) in [4.78, 5) is 0. The maximum Gasteiger partial charge on any atom is 0.573 e. The maximum atomic E-state index is 12.5. The topological polar surface area (TPSA) is 44.5 Å². The van der Waals surface area contributed by atoms with Gasteiger partial charge in [-0.05, 0) is 18.2 Å². The molecule has 0 heterocycles. The molecule has 3 nitrogen and oxygen atoms in total. The summed E-state index contributed by atoms with van der Waals surface area (Å²) in [6, 6.07) is -0.176. The summed E-state index contributed by atoms with van der Waals surface area (Å²) in [5, 5.41) is 0. The van der Waals surface area contributed by atoms with Gasteiger partial charge in [-0.1, -0.05) is 0 Å². The average Bonchev–Trinajstić information content (AvgIpc) is 2.24. The predicted octanol–water partition coefficient (Wildman–Crippen LogP) is 3.58. The minimum absolute atomic E-state index is 0. The number of halogens is 7. The van der Waals surface area contributed by atoms with Crippen LogP contribution in [-0.2, 0) is 0 Å². The minimum Gasteiger partial charge on any atom is -0.496 e. The number of alkyl halides is 6. The molecule has 0 aromatic heterocycles. The third kappa shape index (κ3) is 4.97. The number of nitrogens with two attached hydrogens (primary N) is 1. The van der Waals surface area contributed by atoms with E-state index in [1.54, 1.807) is 0 Å². The predicted molar refractivity (Wildman–Crippen MR) is 59.9 cm³/mol. The molecule has 0 spiro atoms. The van der Waals surface area contributed by atoms with Crippen LogP contribution >= 0.6 is 12.4 Å². The summed E-state index contributed by atoms with van der Waals surface area (Å²) in [5.74, 6) is -1.08. The SMILES string of the molecule is COc1ccc(OC(F)(F)F)cc1[C@@H](N)C(F)(F)F.Cl. The monoisotopic (exact) mass is 325 g/mol. The zero-order valence-electron chi connectivity index (χ0n) is 9.88. The van der Waals surface area contributed by atoms with E-state index >= 15 is 0 Å². The molecule has 0 aliphatic heterocycles. The van der Waals surface area contributed by atoms with Gasteiger partial charge in [0.05, 0.1) is 7.11 Å². The fourth-order valence-electron chi connectivity index (χ4n) is 1.33. The summed E-state index contributed by atoms with van der Waals surface area (Å²) < 4.78 is 81.5. The molecule has 0 saturated carbocycles. The van der Waals surface area contributed by atoms with Gasteiger partial charge in [0.2, 0.25) is 0 Å². The van der Waals surface area contributed by atoms with Gasteiger partial charge in [0.15, 0.2) is 0 Å². The lowest BCUT2D eigenvalue weighted by Crippen LogP contribution is -2.29. The standard InChI is InChI=1S/C10H9F6NO2.ClH/c1-18-7-3-2-5(19-10(14,15)16)4-6(7)8(17)9(11,12)13;/h2-4,8H,17H2,1H3;1H/t8-;/m1./s1. The zero-order valence-corrected chi connectivity index (χ0v) is 10.7. The van der Waals surface area contributed by atoms with Crippen molar-refractivity contribution in [1.82, 2.24) is 0 Å². The third-order valence-corrected chi connectivity index (χ3v) is 2.12. The van der Waals surface area contributed by atoms with Gasteiger partial charge in [-0.2, -0.15) is 13.2 Å². The van der Waals surface area contributed by atoms with Gasteiger partial charge in [-0.25, -0.2) is 0 Å². The Morgan fingerprint density at radius 1 is 1.10 bits per heavy atom. The zero-order chi connectivity index (χ0) is 14.8. The van der Waals surface area contributed by atoms with Crippen LogP contribution < -0.4 is 15.2 Å². The van der Waals surface area contributed by atoms with Crippen molar-refractivity contribution >= 4 is 12.4 Å². The highest BCUT2D eigenvalue weighted by Crippen LogP contribution is 2.38. The van der Waals surface area contributed by atoms with Crippen LogP contribution in [0.1, 0.15) is 11.6 Å². The van der Waals surface area contributed by atoms with Crippen molar-refractivity contribution in [2.24, 2.45) is 5.73 Å². The first-order chi connectivity index (χ1) is 8.54. The number of hydrogen-bond donors (Lipinski definition) is 1. The summed E-state index contributed by atoms with van der Waals surface area (Å²) >= 11 is 0. The molecule has 0 aliphatic carbocycles. The van der Waals surface area contributed by atoms with Crippen LogP contribution in [0.25, 0.3) is 0 Å². The Morgan fingerprint density at radius 3 is 2.05 bits per heavy atom.